The second-order valence-corrected chi connectivity index (χ2v) is 2.82. The number of rotatable bonds is 1. The van der Waals surface area contributed by atoms with E-state index in [-0.39, 0.29) is 0 Å². The van der Waals surface area contributed by atoms with Gasteiger partial charge in [-0.05, 0) is 25.8 Å². The van der Waals surface area contributed by atoms with Gasteiger partial charge in [-0.2, -0.15) is 0 Å². The highest BCUT2D eigenvalue weighted by Crippen LogP contribution is 2.05. The molecule has 1 N–H and O–H groups in total. The van der Waals surface area contributed by atoms with E-state index < -0.39 is 0 Å². The SMILES string of the molecule is C=C/C1=N/CCN/C(=C\C)CC1. The van der Waals surface area contributed by atoms with Crippen LogP contribution in [0.25, 0.3) is 0 Å². The quantitative estimate of drug-likeness (QED) is 0.629. The minimum atomic E-state index is 0.860. The molecule has 0 saturated heterocycles. The molecule has 0 radical (unpaired) electrons. The minimum Gasteiger partial charge on any atom is -0.387 e. The molecule has 1 aliphatic heterocycles. The van der Waals surface area contributed by atoms with Gasteiger partial charge in [-0.15, -0.1) is 0 Å². The van der Waals surface area contributed by atoms with Gasteiger partial charge in [0.2, 0.25) is 0 Å². The molecule has 12 heavy (non-hydrogen) atoms. The molecule has 0 aromatic rings. The molecule has 0 saturated carbocycles. The van der Waals surface area contributed by atoms with Crippen molar-refractivity contribution in [2.45, 2.75) is 19.8 Å². The van der Waals surface area contributed by atoms with E-state index in [1.54, 1.807) is 0 Å². The van der Waals surface area contributed by atoms with Crippen LogP contribution in [0.15, 0.2) is 29.4 Å². The predicted molar refractivity (Wildman–Crippen MR) is 53.5 cm³/mol. The van der Waals surface area contributed by atoms with Crippen LogP contribution in [0.4, 0.5) is 0 Å². The van der Waals surface area contributed by atoms with Gasteiger partial charge in [-0.3, -0.25) is 4.99 Å². The smallest absolute Gasteiger partial charge is 0.0565 e. The van der Waals surface area contributed by atoms with Gasteiger partial charge in [-0.1, -0.05) is 12.7 Å². The van der Waals surface area contributed by atoms with Crippen LogP contribution in [-0.4, -0.2) is 18.8 Å². The largest absolute Gasteiger partial charge is 0.387 e. The minimum absolute atomic E-state index is 0.860. The molecule has 0 atom stereocenters. The molecule has 0 aromatic heterocycles. The van der Waals surface area contributed by atoms with Crippen molar-refractivity contribution < 1.29 is 0 Å². The second-order valence-electron chi connectivity index (χ2n) is 2.82. The van der Waals surface area contributed by atoms with Gasteiger partial charge in [0.1, 0.15) is 0 Å². The Bertz CT molecular complexity index is 214. The van der Waals surface area contributed by atoms with Gasteiger partial charge in [0, 0.05) is 18.0 Å². The van der Waals surface area contributed by atoms with Crippen LogP contribution < -0.4 is 5.32 Å². The lowest BCUT2D eigenvalue weighted by Gasteiger charge is -2.13. The van der Waals surface area contributed by atoms with E-state index in [9.17, 15) is 0 Å². The number of hydrogen-bond acceptors (Lipinski definition) is 2. The van der Waals surface area contributed by atoms with Crippen molar-refractivity contribution in [2.75, 3.05) is 13.1 Å². The maximum atomic E-state index is 4.38. The highest BCUT2D eigenvalue weighted by atomic mass is 14.9. The maximum Gasteiger partial charge on any atom is 0.0565 e. The molecule has 0 amide bonds. The molecule has 1 heterocycles. The lowest BCUT2D eigenvalue weighted by Crippen LogP contribution is -2.20. The molecular formula is C10H16N2. The topological polar surface area (TPSA) is 24.4 Å². The van der Waals surface area contributed by atoms with Crippen LogP contribution in [0.3, 0.4) is 0 Å². The summed E-state index contributed by atoms with van der Waals surface area (Å²) in [6.45, 7) is 7.60. The Kier molecular flexibility index (Phi) is 3.58. The zero-order valence-corrected chi connectivity index (χ0v) is 7.64. The summed E-state index contributed by atoms with van der Waals surface area (Å²) in [6.07, 6.45) is 6.06. The fourth-order valence-corrected chi connectivity index (χ4v) is 1.26. The first-order chi connectivity index (χ1) is 5.86. The molecule has 1 rings (SSSR count). The normalized spacial score (nSPS) is 26.4. The fraction of sp³-hybridized carbons (Fsp3) is 0.500. The van der Waals surface area contributed by atoms with E-state index in [1.165, 1.54) is 5.70 Å². The first-order valence-electron chi connectivity index (χ1n) is 4.41. The lowest BCUT2D eigenvalue weighted by atomic mass is 10.1. The number of nitrogens with zero attached hydrogens (tertiary/aromatic N) is 1. The summed E-state index contributed by atoms with van der Waals surface area (Å²) in [4.78, 5) is 4.38. The summed E-state index contributed by atoms with van der Waals surface area (Å²) < 4.78 is 0. The van der Waals surface area contributed by atoms with Gasteiger partial charge in [-0.25, -0.2) is 0 Å². The number of allylic oxidation sites excluding steroid dienone is 3. The number of aliphatic imine (C=N–C) groups is 1. The van der Waals surface area contributed by atoms with Crippen molar-refractivity contribution in [3.63, 3.8) is 0 Å². The summed E-state index contributed by atoms with van der Waals surface area (Å²) in [7, 11) is 0. The average Bonchev–Trinajstić information content (AvgIpc) is 2.05. The number of hydrogen-bond donors (Lipinski definition) is 1. The Morgan fingerprint density at radius 2 is 2.33 bits per heavy atom. The molecule has 0 aliphatic carbocycles. The molecule has 2 heteroatoms. The Labute approximate surface area is 74.1 Å². The molecule has 0 aromatic carbocycles. The van der Waals surface area contributed by atoms with Crippen molar-refractivity contribution in [2.24, 2.45) is 4.99 Å². The average molecular weight is 164 g/mol. The van der Waals surface area contributed by atoms with Crippen LogP contribution in [0.5, 0.6) is 0 Å². The summed E-state index contributed by atoms with van der Waals surface area (Å²) >= 11 is 0. The van der Waals surface area contributed by atoms with Crippen LogP contribution in [0, 0.1) is 0 Å². The molecule has 2 nitrogen and oxygen atoms in total. The van der Waals surface area contributed by atoms with E-state index in [2.05, 4.69) is 29.9 Å². The first kappa shape index (κ1) is 9.04. The van der Waals surface area contributed by atoms with Crippen LogP contribution >= 0.6 is 0 Å². The van der Waals surface area contributed by atoms with Gasteiger partial charge in [0.05, 0.1) is 6.54 Å². The Balaban J connectivity index is 2.58. The van der Waals surface area contributed by atoms with E-state index in [0.29, 0.717) is 0 Å². The van der Waals surface area contributed by atoms with Crippen LogP contribution in [0.1, 0.15) is 19.8 Å². The Hall–Kier alpha value is -1.05. The van der Waals surface area contributed by atoms with Crippen molar-refractivity contribution in [3.05, 3.63) is 24.4 Å². The maximum absolute atomic E-state index is 4.38. The van der Waals surface area contributed by atoms with Crippen molar-refractivity contribution in [3.8, 4) is 0 Å². The predicted octanol–water partition coefficient (Wildman–Crippen LogP) is 1.90. The lowest BCUT2D eigenvalue weighted by molar-refractivity contribution is 0.735. The number of nitrogens with one attached hydrogen (secondary N) is 1. The van der Waals surface area contributed by atoms with Gasteiger partial charge >= 0.3 is 0 Å². The summed E-state index contributed by atoms with van der Waals surface area (Å²) in [6, 6.07) is 0. The molecule has 1 aliphatic rings. The third-order valence-electron chi connectivity index (χ3n) is 2.01. The summed E-state index contributed by atoms with van der Waals surface area (Å²) in [5.74, 6) is 0. The van der Waals surface area contributed by atoms with Crippen molar-refractivity contribution in [1.82, 2.24) is 5.32 Å². The molecular weight excluding hydrogens is 148 g/mol. The van der Waals surface area contributed by atoms with E-state index >= 15 is 0 Å². The summed E-state index contributed by atoms with van der Waals surface area (Å²) in [5.41, 5.74) is 2.46. The Morgan fingerprint density at radius 3 is 3.00 bits per heavy atom. The molecule has 0 unspecified atom stereocenters. The third-order valence-corrected chi connectivity index (χ3v) is 2.01. The van der Waals surface area contributed by atoms with Crippen molar-refractivity contribution >= 4 is 5.71 Å². The standard InChI is InChI=1S/C10H16N2/c1-3-9-5-6-10(4-2)12-8-7-11-9/h3-4,12H,1,5-8H2,2H3/b10-4-,11-9-. The third kappa shape index (κ3) is 2.53. The van der Waals surface area contributed by atoms with E-state index in [1.807, 2.05) is 6.08 Å². The first-order valence-corrected chi connectivity index (χ1v) is 4.41. The highest BCUT2D eigenvalue weighted by Gasteiger charge is 2.01. The van der Waals surface area contributed by atoms with Crippen molar-refractivity contribution in [1.29, 1.82) is 0 Å². The zero-order chi connectivity index (χ0) is 8.81. The van der Waals surface area contributed by atoms with E-state index in [4.69, 9.17) is 0 Å². The molecule has 0 bridgehead atoms. The monoisotopic (exact) mass is 164 g/mol. The molecule has 66 valence electrons. The molecule has 0 fully saturated rings. The van der Waals surface area contributed by atoms with Gasteiger partial charge in [0.15, 0.2) is 0 Å². The van der Waals surface area contributed by atoms with Crippen LogP contribution in [0.2, 0.25) is 0 Å². The molecule has 0 spiro atoms. The fourth-order valence-electron chi connectivity index (χ4n) is 1.26. The Morgan fingerprint density at radius 1 is 1.50 bits per heavy atom. The highest BCUT2D eigenvalue weighted by molar-refractivity contribution is 5.94. The van der Waals surface area contributed by atoms with Crippen LogP contribution in [-0.2, 0) is 0 Å². The van der Waals surface area contributed by atoms with E-state index in [0.717, 1.165) is 31.6 Å². The van der Waals surface area contributed by atoms with Gasteiger partial charge in [0.25, 0.3) is 0 Å². The second kappa shape index (κ2) is 4.75. The zero-order valence-electron chi connectivity index (χ0n) is 7.64. The van der Waals surface area contributed by atoms with Gasteiger partial charge < -0.3 is 5.32 Å². The summed E-state index contributed by atoms with van der Waals surface area (Å²) in [5, 5.41) is 3.34.